The van der Waals surface area contributed by atoms with E-state index in [9.17, 15) is 5.11 Å². The molecule has 0 aromatic heterocycles. The second-order valence-electron chi connectivity index (χ2n) is 6.75. The van der Waals surface area contributed by atoms with E-state index in [0.29, 0.717) is 18.1 Å². The first-order valence-corrected chi connectivity index (χ1v) is 8.17. The van der Waals surface area contributed by atoms with E-state index in [1.807, 2.05) is 11.8 Å². The highest BCUT2D eigenvalue weighted by atomic mass is 32.2. The van der Waals surface area contributed by atoms with Crippen LogP contribution in [-0.4, -0.2) is 34.8 Å². The van der Waals surface area contributed by atoms with Crippen molar-refractivity contribution in [2.24, 2.45) is 5.41 Å². The molecule has 1 saturated carbocycles. The van der Waals surface area contributed by atoms with Gasteiger partial charge in [0.05, 0.1) is 12.1 Å². The molecule has 1 atom stereocenters. The van der Waals surface area contributed by atoms with E-state index < -0.39 is 0 Å². The van der Waals surface area contributed by atoms with Gasteiger partial charge in [0.15, 0.2) is 0 Å². The van der Waals surface area contributed by atoms with Crippen molar-refractivity contribution in [3.8, 4) is 0 Å². The van der Waals surface area contributed by atoms with Crippen LogP contribution in [0, 0.1) is 5.41 Å². The van der Waals surface area contributed by atoms with Gasteiger partial charge in [-0.15, -0.1) is 0 Å². The van der Waals surface area contributed by atoms with Gasteiger partial charge in [-0.3, -0.25) is 0 Å². The van der Waals surface area contributed by atoms with E-state index in [1.165, 1.54) is 37.9 Å². The molecular weight excluding hydrogens is 230 g/mol. The number of nitrogens with one attached hydrogen (secondary N) is 1. The lowest BCUT2D eigenvalue weighted by atomic mass is 9.79. The van der Waals surface area contributed by atoms with Crippen LogP contribution in [0.5, 0.6) is 0 Å². The number of aliphatic hydroxyl groups is 1. The highest BCUT2D eigenvalue weighted by molar-refractivity contribution is 7.99. The second kappa shape index (κ2) is 5.50. The summed E-state index contributed by atoms with van der Waals surface area (Å²) in [7, 11) is 0. The van der Waals surface area contributed by atoms with Gasteiger partial charge in [-0.2, -0.15) is 11.8 Å². The van der Waals surface area contributed by atoms with Crippen molar-refractivity contribution in [1.29, 1.82) is 0 Å². The predicted octanol–water partition coefficient (Wildman–Crippen LogP) is 2.80. The first-order valence-electron chi connectivity index (χ1n) is 7.02. The smallest absolute Gasteiger partial charge is 0.0621 e. The van der Waals surface area contributed by atoms with Crippen molar-refractivity contribution >= 4 is 11.8 Å². The molecule has 1 aliphatic heterocycles. The van der Waals surface area contributed by atoms with Gasteiger partial charge in [0.1, 0.15) is 0 Å². The first-order chi connectivity index (χ1) is 8.05. The normalized spacial score (nSPS) is 34.8. The van der Waals surface area contributed by atoms with Crippen LogP contribution < -0.4 is 5.32 Å². The van der Waals surface area contributed by atoms with Crippen molar-refractivity contribution in [1.82, 2.24) is 5.32 Å². The average Bonchev–Trinajstić information content (AvgIpc) is 2.29. The van der Waals surface area contributed by atoms with Crippen molar-refractivity contribution in [2.75, 3.05) is 18.1 Å². The van der Waals surface area contributed by atoms with E-state index in [0.717, 1.165) is 12.2 Å². The Morgan fingerprint density at radius 1 is 1.18 bits per heavy atom. The Kier molecular flexibility index (Phi) is 4.43. The number of hydrogen-bond donors (Lipinski definition) is 2. The monoisotopic (exact) mass is 257 g/mol. The highest BCUT2D eigenvalue weighted by Crippen LogP contribution is 2.39. The third-order valence-corrected chi connectivity index (χ3v) is 5.85. The Balaban J connectivity index is 1.97. The summed E-state index contributed by atoms with van der Waals surface area (Å²) in [6.45, 7) is 4.94. The molecule has 1 aliphatic carbocycles. The minimum atomic E-state index is -0.0194. The number of hydrogen-bond acceptors (Lipinski definition) is 3. The van der Waals surface area contributed by atoms with Crippen LogP contribution in [0.2, 0.25) is 0 Å². The van der Waals surface area contributed by atoms with Crippen LogP contribution in [0.25, 0.3) is 0 Å². The van der Waals surface area contributed by atoms with Crippen LogP contribution in [-0.2, 0) is 0 Å². The predicted molar refractivity (Wildman–Crippen MR) is 75.5 cm³/mol. The average molecular weight is 257 g/mol. The minimum absolute atomic E-state index is 0.0194. The molecule has 0 bridgehead atoms. The Hall–Kier alpha value is 0.270. The third kappa shape index (κ3) is 3.62. The molecule has 0 amide bonds. The second-order valence-corrected chi connectivity index (χ2v) is 7.74. The molecule has 2 rings (SSSR count). The van der Waals surface area contributed by atoms with E-state index in [4.69, 9.17) is 0 Å². The standard InChI is InChI=1S/C14H27NOS/c1-13(2)8-14(9-16,11-17-10-13)15-12-6-4-3-5-7-12/h12,15-16H,3-11H2,1-2H3. The molecule has 1 heterocycles. The Morgan fingerprint density at radius 2 is 1.88 bits per heavy atom. The number of thioether (sulfide) groups is 1. The molecule has 100 valence electrons. The summed E-state index contributed by atoms with van der Waals surface area (Å²) in [6, 6.07) is 0.644. The SMILES string of the molecule is CC1(C)CSCC(CO)(NC2CCCCC2)C1. The Bertz CT molecular complexity index is 251. The van der Waals surface area contributed by atoms with Gasteiger partial charge in [-0.1, -0.05) is 33.1 Å². The summed E-state index contributed by atoms with van der Waals surface area (Å²) < 4.78 is 0. The van der Waals surface area contributed by atoms with E-state index in [-0.39, 0.29) is 5.54 Å². The summed E-state index contributed by atoms with van der Waals surface area (Å²) in [5.74, 6) is 2.30. The molecule has 2 aliphatic rings. The molecule has 17 heavy (non-hydrogen) atoms. The van der Waals surface area contributed by atoms with Gasteiger partial charge in [0.2, 0.25) is 0 Å². The van der Waals surface area contributed by atoms with Crippen LogP contribution in [0.4, 0.5) is 0 Å². The third-order valence-electron chi connectivity index (χ3n) is 4.11. The summed E-state index contributed by atoms with van der Waals surface area (Å²) in [5, 5.41) is 13.6. The largest absolute Gasteiger partial charge is 0.394 e. The molecule has 0 spiro atoms. The molecule has 0 aromatic carbocycles. The van der Waals surface area contributed by atoms with Crippen molar-refractivity contribution in [3.05, 3.63) is 0 Å². The number of rotatable bonds is 3. The van der Waals surface area contributed by atoms with Crippen LogP contribution >= 0.6 is 11.8 Å². The fourth-order valence-corrected chi connectivity index (χ4v) is 4.88. The maximum absolute atomic E-state index is 9.83. The molecule has 2 nitrogen and oxygen atoms in total. The maximum atomic E-state index is 9.83. The Morgan fingerprint density at radius 3 is 2.47 bits per heavy atom. The molecule has 1 saturated heterocycles. The zero-order chi connectivity index (χ0) is 12.4. The van der Waals surface area contributed by atoms with Crippen molar-refractivity contribution < 1.29 is 5.11 Å². The topological polar surface area (TPSA) is 32.3 Å². The highest BCUT2D eigenvalue weighted by Gasteiger charge is 2.41. The van der Waals surface area contributed by atoms with Gasteiger partial charge in [-0.25, -0.2) is 0 Å². The fourth-order valence-electron chi connectivity index (χ4n) is 3.46. The molecular formula is C14H27NOS. The maximum Gasteiger partial charge on any atom is 0.0621 e. The quantitative estimate of drug-likeness (QED) is 0.815. The summed E-state index contributed by atoms with van der Waals surface area (Å²) in [5.41, 5.74) is 0.335. The van der Waals surface area contributed by atoms with E-state index in [1.54, 1.807) is 0 Å². The van der Waals surface area contributed by atoms with Gasteiger partial charge in [0.25, 0.3) is 0 Å². The first kappa shape index (κ1) is 13.7. The fraction of sp³-hybridized carbons (Fsp3) is 1.00. The molecule has 3 heteroatoms. The summed E-state index contributed by atoms with van der Waals surface area (Å²) >= 11 is 2.00. The van der Waals surface area contributed by atoms with Crippen LogP contribution in [0.3, 0.4) is 0 Å². The van der Waals surface area contributed by atoms with Gasteiger partial charge >= 0.3 is 0 Å². The molecule has 0 radical (unpaired) electrons. The van der Waals surface area contributed by atoms with Crippen LogP contribution in [0.15, 0.2) is 0 Å². The van der Waals surface area contributed by atoms with Crippen molar-refractivity contribution in [2.45, 2.75) is 64.0 Å². The lowest BCUT2D eigenvalue weighted by Crippen LogP contribution is -2.59. The van der Waals surface area contributed by atoms with Crippen molar-refractivity contribution in [3.63, 3.8) is 0 Å². The molecule has 2 fully saturated rings. The zero-order valence-electron chi connectivity index (χ0n) is 11.3. The lowest BCUT2D eigenvalue weighted by Gasteiger charge is -2.46. The van der Waals surface area contributed by atoms with Gasteiger partial charge in [0, 0.05) is 11.8 Å². The lowest BCUT2D eigenvalue weighted by molar-refractivity contribution is 0.109. The molecule has 2 N–H and O–H groups in total. The van der Waals surface area contributed by atoms with E-state index >= 15 is 0 Å². The summed E-state index contributed by atoms with van der Waals surface area (Å²) in [4.78, 5) is 0. The minimum Gasteiger partial charge on any atom is -0.394 e. The zero-order valence-corrected chi connectivity index (χ0v) is 12.1. The van der Waals surface area contributed by atoms with Crippen LogP contribution in [0.1, 0.15) is 52.4 Å². The van der Waals surface area contributed by atoms with E-state index in [2.05, 4.69) is 19.2 Å². The summed E-state index contributed by atoms with van der Waals surface area (Å²) in [6.07, 6.45) is 7.82. The Labute approximate surface area is 110 Å². The van der Waals surface area contributed by atoms with Gasteiger partial charge < -0.3 is 10.4 Å². The number of aliphatic hydroxyl groups excluding tert-OH is 1. The van der Waals surface area contributed by atoms with Gasteiger partial charge in [-0.05, 0) is 30.4 Å². The molecule has 0 aromatic rings. The molecule has 1 unspecified atom stereocenters.